The van der Waals surface area contributed by atoms with Gasteiger partial charge in [0.15, 0.2) is 6.04 Å². The zero-order chi connectivity index (χ0) is 79.5. The van der Waals surface area contributed by atoms with Crippen molar-refractivity contribution in [2.45, 2.75) is 183 Å². The number of fused-ring (bicyclic) bond motifs is 2. The number of carboxylic acids is 2. The van der Waals surface area contributed by atoms with E-state index in [2.05, 4.69) is 67.8 Å². The number of carbonyl (C=O) groups excluding carboxylic acids is 12. The first-order valence-corrected chi connectivity index (χ1v) is 35.5. The number of nitrogens with two attached hydrogens (primary N) is 2. The second-order valence-electron chi connectivity index (χ2n) is 27.6. The van der Waals surface area contributed by atoms with Gasteiger partial charge in [-0.05, 0) is 99.2 Å². The summed E-state index contributed by atoms with van der Waals surface area (Å²) in [6.07, 6.45) is 0.0450. The van der Waals surface area contributed by atoms with Crippen LogP contribution < -0.4 is 59.3 Å². The molecule has 0 saturated carbocycles. The molecule has 22 N–H and O–H groups in total. The van der Waals surface area contributed by atoms with Crippen LogP contribution in [-0.2, 0) is 92.8 Å². The number of primary amides is 1. The van der Waals surface area contributed by atoms with Crippen molar-refractivity contribution in [3.8, 4) is 5.75 Å². The summed E-state index contributed by atoms with van der Waals surface area (Å²) in [5, 5.41) is 84.9. The lowest BCUT2D eigenvalue weighted by Crippen LogP contribution is -2.62. The average molecular weight is 1520 g/mol. The third kappa shape index (κ3) is 22.4. The highest BCUT2D eigenvalue weighted by atomic mass is 16.4. The number of carboxylic acid groups (broad SMARTS) is 2. The molecule has 12 amide bonds. The summed E-state index contributed by atoms with van der Waals surface area (Å²) in [6, 6.07) is 0.657. The number of hydrogen-bond acceptors (Lipinski definition) is 20. The molecule has 0 aliphatic carbocycles. The second kappa shape index (κ2) is 38.1. The molecule has 0 radical (unpaired) electrons. The Morgan fingerprint density at radius 3 is 1.51 bits per heavy atom. The number of aromatic amines is 3. The zero-order valence-corrected chi connectivity index (χ0v) is 60.2. The summed E-state index contributed by atoms with van der Waals surface area (Å²) in [6.45, 7) is 4.34. The molecule has 5 heterocycles. The summed E-state index contributed by atoms with van der Waals surface area (Å²) in [5.41, 5.74) is 15.5. The molecule has 0 unspecified atom stereocenters. The molecule has 8 rings (SSSR count). The van der Waals surface area contributed by atoms with E-state index in [1.165, 1.54) is 29.6 Å². The minimum Gasteiger partial charge on any atom is -0.508 e. The third-order valence-electron chi connectivity index (χ3n) is 18.8. The molecular weight excluding hydrogens is 1420 g/mol. The number of aliphatic hydroxyl groups is 3. The van der Waals surface area contributed by atoms with Gasteiger partial charge in [-0.15, -0.1) is 0 Å². The predicted molar refractivity (Wildman–Crippen MR) is 387 cm³/mol. The van der Waals surface area contributed by atoms with E-state index >= 15 is 0 Å². The van der Waals surface area contributed by atoms with Gasteiger partial charge in [0.1, 0.15) is 66.2 Å². The topological polar surface area (TPSA) is 587 Å². The van der Waals surface area contributed by atoms with Gasteiger partial charge in [0.25, 0.3) is 0 Å². The zero-order valence-electron chi connectivity index (χ0n) is 60.2. The number of rotatable bonds is 38. The first-order chi connectivity index (χ1) is 51.8. The standard InChI is InChI=1S/C72H93N17O20/c1-35(2)23-52(83-62(98)48(24-38-17-19-42(93)20-18-38)79-61(97)45(73)25-39-30-76-46-13-7-5-11-43(39)46)70(106)88-21-9-15-55(88)67(103)81-51(29-58(95)96)64(100)84-53(28-57(74)94)71(107)89-22-10-16-56(89)68(104)85-54(33-90)66(102)86-59(36(3)91)69(105)82-49(26-40-31-77-47-14-8-6-12-44(40)47)63(99)80-50(27-41-32-75-34-78-41)65(101)87-60(37(4)92)72(108)109/h5-8,11-14,17-20,30-32,34-37,45,48-56,59-60,76-77,90-93H,9-10,15-16,21-29,33,73H2,1-4H3,(H2,74,94)(H,75,78)(H,79,97)(H,80,99)(H,81,103)(H,82,105)(H,83,98)(H,84,100)(H,85,104)(H,86,102)(H,87,101)(H,95,96)(H,108,109)/t36-,37-,45+,48+,49+,50+,51+,52-,53+,54+,55+,56+,59+,60+/m1/s1. The number of phenols is 1. The van der Waals surface area contributed by atoms with Gasteiger partial charge in [-0.25, -0.2) is 9.78 Å². The Kier molecular flexibility index (Phi) is 29.0. The number of aromatic nitrogens is 4. The molecule has 37 nitrogen and oxygen atoms in total. The van der Waals surface area contributed by atoms with E-state index in [4.69, 9.17) is 11.5 Å². The lowest BCUT2D eigenvalue weighted by atomic mass is 9.99. The fourth-order valence-electron chi connectivity index (χ4n) is 13.1. The van der Waals surface area contributed by atoms with Crippen LogP contribution in [0.3, 0.4) is 0 Å². The number of carbonyl (C=O) groups is 14. The number of aliphatic carboxylic acids is 2. The van der Waals surface area contributed by atoms with E-state index in [1.807, 2.05) is 24.3 Å². The van der Waals surface area contributed by atoms with Crippen molar-refractivity contribution in [1.29, 1.82) is 0 Å². The van der Waals surface area contributed by atoms with Crippen LogP contribution in [0.1, 0.15) is 95.0 Å². The number of phenolic OH excluding ortho intramolecular Hbond substituents is 1. The maximum atomic E-state index is 14.7. The molecule has 2 fully saturated rings. The van der Waals surface area contributed by atoms with Crippen molar-refractivity contribution >= 4 is 105 Å². The van der Waals surface area contributed by atoms with Crippen LogP contribution >= 0.6 is 0 Å². The molecule has 2 aliphatic heterocycles. The third-order valence-corrected chi connectivity index (χ3v) is 18.8. The number of imidazole rings is 1. The summed E-state index contributed by atoms with van der Waals surface area (Å²) in [7, 11) is 0. The van der Waals surface area contributed by atoms with Crippen LogP contribution in [0.4, 0.5) is 0 Å². The number of aliphatic hydroxyl groups excluding tert-OH is 3. The fourth-order valence-corrected chi connectivity index (χ4v) is 13.1. The van der Waals surface area contributed by atoms with Crippen LogP contribution in [0.2, 0.25) is 0 Å². The molecule has 6 aromatic rings. The second-order valence-corrected chi connectivity index (χ2v) is 27.6. The van der Waals surface area contributed by atoms with Gasteiger partial charge in [0.2, 0.25) is 70.9 Å². The highest BCUT2D eigenvalue weighted by Crippen LogP contribution is 2.25. The van der Waals surface area contributed by atoms with Crippen LogP contribution in [0.25, 0.3) is 21.8 Å². The number of hydrogen-bond donors (Lipinski definition) is 20. The maximum Gasteiger partial charge on any atom is 0.328 e. The summed E-state index contributed by atoms with van der Waals surface area (Å²) in [5.74, 6) is -16.0. The minimum atomic E-state index is -2.00. The molecule has 2 saturated heterocycles. The average Bonchev–Trinajstić information content (AvgIpc) is 1.74. The number of nitrogens with one attached hydrogen (secondary N) is 12. The van der Waals surface area contributed by atoms with E-state index in [0.717, 1.165) is 35.2 Å². The molecule has 14 atom stereocenters. The van der Waals surface area contributed by atoms with Gasteiger partial charge in [-0.2, -0.15) is 0 Å². The van der Waals surface area contributed by atoms with Gasteiger partial charge in [-0.3, -0.25) is 62.3 Å². The molecule has 0 spiro atoms. The number of nitrogens with zero attached hydrogens (tertiary/aromatic N) is 3. The van der Waals surface area contributed by atoms with E-state index in [9.17, 15) is 97.8 Å². The molecule has 0 bridgehead atoms. The number of benzene rings is 3. The van der Waals surface area contributed by atoms with E-state index < -0.39 is 187 Å². The summed E-state index contributed by atoms with van der Waals surface area (Å²) < 4.78 is 0. The van der Waals surface area contributed by atoms with Crippen LogP contribution in [0.5, 0.6) is 5.75 Å². The van der Waals surface area contributed by atoms with Gasteiger partial charge < -0.3 is 115 Å². The minimum absolute atomic E-state index is 0.00745. The molecule has 586 valence electrons. The smallest absolute Gasteiger partial charge is 0.328 e. The van der Waals surface area contributed by atoms with Gasteiger partial charge in [0, 0.05) is 78.4 Å². The van der Waals surface area contributed by atoms with Crippen molar-refractivity contribution < 1.29 is 97.8 Å². The van der Waals surface area contributed by atoms with Crippen molar-refractivity contribution in [2.24, 2.45) is 17.4 Å². The molecule has 109 heavy (non-hydrogen) atoms. The number of H-pyrrole nitrogens is 3. The number of para-hydroxylation sites is 2. The van der Waals surface area contributed by atoms with E-state index in [0.29, 0.717) is 27.7 Å². The Bertz CT molecular complexity index is 4280. The Morgan fingerprint density at radius 1 is 0.523 bits per heavy atom. The molecule has 2 aliphatic rings. The SMILES string of the molecule is CC(C)C[C@@H](NC(=O)[C@H](Cc1ccc(O)cc1)NC(=O)[C@@H](N)Cc1c[nH]c2ccccc12)C(=O)N1CCC[C@H]1C(=O)N[C@@H](CC(=O)O)C(=O)N[C@@H](CC(N)=O)C(=O)N1CCC[C@H]1C(=O)N[C@@H](CO)C(=O)N[C@H](C(=O)N[C@@H](Cc1c[nH]c2ccccc12)C(=O)N[C@@H](Cc1cnc[nH]1)C(=O)N[C@H](C(=O)O)[C@@H](C)O)[C@@H](C)O. The predicted octanol–water partition coefficient (Wildman–Crippen LogP) is -3.74. The molecule has 37 heteroatoms. The highest BCUT2D eigenvalue weighted by Gasteiger charge is 2.44. The quantitative estimate of drug-likeness (QED) is 0.0177. The number of amides is 12. The monoisotopic (exact) mass is 1520 g/mol. The Hall–Kier alpha value is -11.8. The summed E-state index contributed by atoms with van der Waals surface area (Å²) >= 11 is 0. The lowest BCUT2D eigenvalue weighted by molar-refractivity contribution is -0.145. The van der Waals surface area contributed by atoms with Gasteiger partial charge in [0.05, 0.1) is 44.0 Å². The highest BCUT2D eigenvalue weighted by molar-refractivity contribution is 6.02. The van der Waals surface area contributed by atoms with Crippen LogP contribution in [0, 0.1) is 5.92 Å². The van der Waals surface area contributed by atoms with E-state index in [1.54, 1.807) is 62.6 Å². The van der Waals surface area contributed by atoms with Crippen LogP contribution in [-0.4, -0.2) is 248 Å². The summed E-state index contributed by atoms with van der Waals surface area (Å²) in [4.78, 5) is 209. The van der Waals surface area contributed by atoms with Gasteiger partial charge >= 0.3 is 11.9 Å². The van der Waals surface area contributed by atoms with Gasteiger partial charge in [-0.1, -0.05) is 62.4 Å². The van der Waals surface area contributed by atoms with Crippen molar-refractivity contribution in [3.05, 3.63) is 120 Å². The number of likely N-dealkylation sites (tertiary alicyclic amines) is 2. The first-order valence-electron chi connectivity index (χ1n) is 35.5. The van der Waals surface area contributed by atoms with Crippen molar-refractivity contribution in [1.82, 2.24) is 77.6 Å². The first kappa shape index (κ1) is 82.8. The Labute approximate surface area is 623 Å². The fraction of sp³-hybridized carbons (Fsp3) is 0.458. The molecule has 3 aromatic carbocycles. The van der Waals surface area contributed by atoms with E-state index in [-0.39, 0.29) is 82.5 Å². The Balaban J connectivity index is 0.922. The maximum absolute atomic E-state index is 14.7. The lowest BCUT2D eigenvalue weighted by Gasteiger charge is -2.32. The Morgan fingerprint density at radius 2 is 0.991 bits per heavy atom. The normalized spacial score (nSPS) is 17.5. The number of aromatic hydroxyl groups is 1. The molecular formula is C72H93N17O20. The van der Waals surface area contributed by atoms with Crippen LogP contribution in [0.15, 0.2) is 97.7 Å². The van der Waals surface area contributed by atoms with Crippen molar-refractivity contribution in [2.75, 3.05) is 19.7 Å². The molecule has 3 aromatic heterocycles. The largest absolute Gasteiger partial charge is 0.508 e. The van der Waals surface area contributed by atoms with Crippen molar-refractivity contribution in [3.63, 3.8) is 0 Å².